The molecule has 3 rings (SSSR count). The molecular formula is C21H23ClN4O3. The molecule has 1 aromatic heterocycles. The number of aromatic nitrogens is 2. The number of carbonyl (C=O) groups excluding carboxylic acids is 1. The van der Waals surface area contributed by atoms with Crippen LogP contribution in [0.5, 0.6) is 5.75 Å². The van der Waals surface area contributed by atoms with Crippen LogP contribution in [-0.2, 0) is 7.05 Å². The van der Waals surface area contributed by atoms with Crippen LogP contribution in [0, 0.1) is 0 Å². The van der Waals surface area contributed by atoms with Crippen LogP contribution >= 0.6 is 11.6 Å². The maximum Gasteiger partial charge on any atom is 0.322 e. The second kappa shape index (κ2) is 8.53. The number of ether oxygens (including phenoxy) is 1. The number of rotatable bonds is 5. The Morgan fingerprint density at radius 3 is 2.59 bits per heavy atom. The molecule has 1 atom stereocenters. The predicted molar refractivity (Wildman–Crippen MR) is 115 cm³/mol. The van der Waals surface area contributed by atoms with Crippen molar-refractivity contribution in [3.63, 3.8) is 0 Å². The van der Waals surface area contributed by atoms with Gasteiger partial charge in [0.15, 0.2) is 0 Å². The fraction of sp³-hybridized carbons (Fsp3) is 0.286. The predicted octanol–water partition coefficient (Wildman–Crippen LogP) is 4.21. The second-order valence-electron chi connectivity index (χ2n) is 6.62. The number of hydrogen-bond donors (Lipinski definition) is 1. The van der Waals surface area contributed by atoms with Crippen LogP contribution in [0.4, 0.5) is 10.5 Å². The van der Waals surface area contributed by atoms with Crippen molar-refractivity contribution < 1.29 is 9.53 Å². The van der Waals surface area contributed by atoms with Gasteiger partial charge in [0.2, 0.25) is 0 Å². The van der Waals surface area contributed by atoms with Crippen molar-refractivity contribution in [2.24, 2.45) is 7.05 Å². The minimum atomic E-state index is -0.420. The van der Waals surface area contributed by atoms with Gasteiger partial charge in [0.05, 0.1) is 24.1 Å². The lowest BCUT2D eigenvalue weighted by Crippen LogP contribution is -2.39. The number of hydrogen-bond acceptors (Lipinski definition) is 4. The molecule has 1 unspecified atom stereocenters. The summed E-state index contributed by atoms with van der Waals surface area (Å²) in [4.78, 5) is 31.9. The normalized spacial score (nSPS) is 11.9. The first-order chi connectivity index (χ1) is 13.8. The van der Waals surface area contributed by atoms with E-state index in [2.05, 4.69) is 10.3 Å². The van der Waals surface area contributed by atoms with Crippen molar-refractivity contribution in [2.75, 3.05) is 19.0 Å². The van der Waals surface area contributed by atoms with E-state index in [1.165, 1.54) is 4.57 Å². The summed E-state index contributed by atoms with van der Waals surface area (Å²) in [5, 5.41) is 3.80. The molecule has 2 aromatic carbocycles. The largest absolute Gasteiger partial charge is 0.497 e. The van der Waals surface area contributed by atoms with E-state index in [0.29, 0.717) is 39.7 Å². The number of methoxy groups -OCH3 is 1. The molecule has 0 bridgehead atoms. The number of amides is 2. The molecule has 0 saturated carbocycles. The standard InChI is InChI=1S/C21H23ClN4O3/c1-5-26(21(28)23-15-7-9-16(29-4)10-8-15)13(2)19-24-18-11-6-14(22)12-17(18)20(27)25(19)3/h6-13H,5H2,1-4H3,(H,23,28). The van der Waals surface area contributed by atoms with Gasteiger partial charge in [-0.1, -0.05) is 11.6 Å². The molecule has 152 valence electrons. The Kier molecular flexibility index (Phi) is 6.08. The molecule has 7 nitrogen and oxygen atoms in total. The molecule has 29 heavy (non-hydrogen) atoms. The highest BCUT2D eigenvalue weighted by molar-refractivity contribution is 6.31. The summed E-state index contributed by atoms with van der Waals surface area (Å²) >= 11 is 6.01. The lowest BCUT2D eigenvalue weighted by Gasteiger charge is -2.29. The van der Waals surface area contributed by atoms with E-state index in [-0.39, 0.29) is 11.6 Å². The lowest BCUT2D eigenvalue weighted by molar-refractivity contribution is 0.193. The summed E-state index contributed by atoms with van der Waals surface area (Å²) in [6.45, 7) is 4.17. The zero-order valence-electron chi connectivity index (χ0n) is 16.8. The van der Waals surface area contributed by atoms with Crippen LogP contribution in [0.2, 0.25) is 5.02 Å². The Hall–Kier alpha value is -3.06. The first kappa shape index (κ1) is 20.7. The van der Waals surface area contributed by atoms with Crippen LogP contribution in [0.3, 0.4) is 0 Å². The van der Waals surface area contributed by atoms with Gasteiger partial charge in [0.1, 0.15) is 11.6 Å². The van der Waals surface area contributed by atoms with Gasteiger partial charge in [-0.2, -0.15) is 0 Å². The maximum atomic E-state index is 12.9. The average Bonchev–Trinajstić information content (AvgIpc) is 2.72. The number of fused-ring (bicyclic) bond motifs is 1. The van der Waals surface area contributed by atoms with E-state index < -0.39 is 6.04 Å². The molecule has 2 amide bonds. The SMILES string of the molecule is CCN(C(=O)Nc1ccc(OC)cc1)C(C)c1nc2ccc(Cl)cc2c(=O)n1C. The van der Waals surface area contributed by atoms with E-state index in [9.17, 15) is 9.59 Å². The number of anilines is 1. The Balaban J connectivity index is 1.91. The van der Waals surface area contributed by atoms with Gasteiger partial charge < -0.3 is 15.0 Å². The Labute approximate surface area is 173 Å². The summed E-state index contributed by atoms with van der Waals surface area (Å²) in [5.41, 5.74) is 0.994. The number of carbonyl (C=O) groups is 1. The van der Waals surface area contributed by atoms with Gasteiger partial charge in [0, 0.05) is 24.3 Å². The van der Waals surface area contributed by atoms with Gasteiger partial charge in [0.25, 0.3) is 5.56 Å². The fourth-order valence-corrected chi connectivity index (χ4v) is 3.41. The zero-order valence-corrected chi connectivity index (χ0v) is 17.5. The molecule has 0 aliphatic rings. The third-order valence-corrected chi connectivity index (χ3v) is 5.09. The molecule has 0 fully saturated rings. The molecule has 1 heterocycles. The number of halogens is 1. The van der Waals surface area contributed by atoms with Gasteiger partial charge in [-0.05, 0) is 56.3 Å². The van der Waals surface area contributed by atoms with Crippen LogP contribution in [0.25, 0.3) is 10.9 Å². The maximum absolute atomic E-state index is 12.9. The van der Waals surface area contributed by atoms with E-state index >= 15 is 0 Å². The molecule has 3 aromatic rings. The minimum Gasteiger partial charge on any atom is -0.497 e. The van der Waals surface area contributed by atoms with E-state index in [1.807, 2.05) is 13.8 Å². The van der Waals surface area contributed by atoms with Crippen molar-refractivity contribution in [1.82, 2.24) is 14.5 Å². The van der Waals surface area contributed by atoms with Gasteiger partial charge in [-0.25, -0.2) is 9.78 Å². The molecule has 0 aliphatic carbocycles. The zero-order chi connectivity index (χ0) is 21.1. The Bertz CT molecular complexity index is 1100. The van der Waals surface area contributed by atoms with Crippen LogP contribution in [0.1, 0.15) is 25.7 Å². The quantitative estimate of drug-likeness (QED) is 0.678. The lowest BCUT2D eigenvalue weighted by atomic mass is 10.2. The number of nitrogens with zero attached hydrogens (tertiary/aromatic N) is 3. The molecule has 1 N–H and O–H groups in total. The number of benzene rings is 2. The summed E-state index contributed by atoms with van der Waals surface area (Å²) in [6.07, 6.45) is 0. The third-order valence-electron chi connectivity index (χ3n) is 4.86. The minimum absolute atomic E-state index is 0.203. The monoisotopic (exact) mass is 414 g/mol. The molecule has 0 radical (unpaired) electrons. The third kappa shape index (κ3) is 4.19. The van der Waals surface area contributed by atoms with Crippen molar-refractivity contribution in [3.05, 3.63) is 63.7 Å². The van der Waals surface area contributed by atoms with Crippen molar-refractivity contribution in [3.8, 4) is 5.75 Å². The van der Waals surface area contributed by atoms with E-state index in [0.717, 1.165) is 0 Å². The molecular weight excluding hydrogens is 392 g/mol. The topological polar surface area (TPSA) is 76.5 Å². The van der Waals surface area contributed by atoms with Crippen LogP contribution in [-0.4, -0.2) is 34.1 Å². The van der Waals surface area contributed by atoms with Crippen LogP contribution < -0.4 is 15.6 Å². The van der Waals surface area contributed by atoms with E-state index in [1.54, 1.807) is 61.5 Å². The summed E-state index contributed by atoms with van der Waals surface area (Å²) in [6, 6.07) is 11.4. The highest BCUT2D eigenvalue weighted by Crippen LogP contribution is 2.22. The summed E-state index contributed by atoms with van der Waals surface area (Å²) in [7, 11) is 3.24. The van der Waals surface area contributed by atoms with Gasteiger partial charge in [-0.15, -0.1) is 0 Å². The first-order valence-corrected chi connectivity index (χ1v) is 9.61. The Morgan fingerprint density at radius 1 is 1.28 bits per heavy atom. The summed E-state index contributed by atoms with van der Waals surface area (Å²) < 4.78 is 6.60. The Morgan fingerprint density at radius 2 is 1.97 bits per heavy atom. The molecule has 0 spiro atoms. The van der Waals surface area contributed by atoms with E-state index in [4.69, 9.17) is 16.3 Å². The highest BCUT2D eigenvalue weighted by Gasteiger charge is 2.24. The van der Waals surface area contributed by atoms with Crippen LogP contribution in [0.15, 0.2) is 47.3 Å². The fourth-order valence-electron chi connectivity index (χ4n) is 3.24. The smallest absolute Gasteiger partial charge is 0.322 e. The number of urea groups is 1. The molecule has 0 saturated heterocycles. The average molecular weight is 415 g/mol. The molecule has 8 heteroatoms. The van der Waals surface area contributed by atoms with Crippen molar-refractivity contribution in [1.29, 1.82) is 0 Å². The highest BCUT2D eigenvalue weighted by atomic mass is 35.5. The molecule has 0 aliphatic heterocycles. The van der Waals surface area contributed by atoms with Gasteiger partial charge in [-0.3, -0.25) is 9.36 Å². The van der Waals surface area contributed by atoms with Gasteiger partial charge >= 0.3 is 6.03 Å². The number of nitrogens with one attached hydrogen (secondary N) is 1. The second-order valence-corrected chi connectivity index (χ2v) is 7.05. The van der Waals surface area contributed by atoms with Crippen molar-refractivity contribution >= 4 is 34.2 Å². The van der Waals surface area contributed by atoms with Crippen molar-refractivity contribution in [2.45, 2.75) is 19.9 Å². The summed E-state index contributed by atoms with van der Waals surface area (Å²) in [5.74, 6) is 1.20. The first-order valence-electron chi connectivity index (χ1n) is 9.23.